The minimum atomic E-state index is -1.09. The third-order valence-electron chi connectivity index (χ3n) is 4.69. The highest BCUT2D eigenvalue weighted by Crippen LogP contribution is 2.30. The maximum Gasteiger partial charge on any atom is 0.119 e. The summed E-state index contributed by atoms with van der Waals surface area (Å²) in [4.78, 5) is 0. The fourth-order valence-corrected chi connectivity index (χ4v) is 3.94. The number of aryl methyl sites for hydroxylation is 1. The summed E-state index contributed by atoms with van der Waals surface area (Å²) in [5.74, 6) is 0. The van der Waals surface area contributed by atoms with Crippen LogP contribution < -0.4 is 4.72 Å². The van der Waals surface area contributed by atoms with Crippen molar-refractivity contribution in [3.63, 3.8) is 0 Å². The zero-order valence-corrected chi connectivity index (χ0v) is 18.4. The summed E-state index contributed by atoms with van der Waals surface area (Å²) >= 11 is 6.21. The minimum Gasteiger partial charge on any atom is -0.305 e. The molecule has 0 radical (unpaired) electrons. The van der Waals surface area contributed by atoms with Gasteiger partial charge in [-0.1, -0.05) is 29.8 Å². The summed E-state index contributed by atoms with van der Waals surface area (Å²) in [6, 6.07) is 15.4. The van der Waals surface area contributed by atoms with Crippen LogP contribution in [0.2, 0.25) is 5.02 Å². The Morgan fingerprint density at radius 3 is 2.48 bits per heavy atom. The highest BCUT2D eigenvalue weighted by molar-refractivity contribution is 7.86. The second kappa shape index (κ2) is 8.81. The highest BCUT2D eigenvalue weighted by Gasteiger charge is 2.15. The van der Waals surface area contributed by atoms with Crippen LogP contribution in [0.3, 0.4) is 0 Å². The van der Waals surface area contributed by atoms with Crippen LogP contribution in [0.1, 0.15) is 36.4 Å². The molecule has 3 rings (SSSR count). The average Bonchev–Trinajstić information content (AvgIpc) is 2.96. The van der Waals surface area contributed by atoms with Crippen LogP contribution >= 0.6 is 11.6 Å². The number of hydrogen-bond donors (Lipinski definition) is 1. The fourth-order valence-electron chi connectivity index (χ4n) is 3.12. The molecule has 7 heteroatoms. The lowest BCUT2D eigenvalue weighted by molar-refractivity contribution is 0.659. The normalized spacial score (nSPS) is 12.0. The number of nitriles is 1. The Labute approximate surface area is 178 Å². The monoisotopic (exact) mass is 426 g/mol. The van der Waals surface area contributed by atoms with Crippen LogP contribution in [0, 0.1) is 25.2 Å². The SMILES string of the molecule is Cc1nn(Cc2ccc(NS(=O)C(C)C)cc2)c(C)c1-c1ccc(C#N)c(Cl)c1. The van der Waals surface area contributed by atoms with Gasteiger partial charge >= 0.3 is 0 Å². The standard InChI is InChI=1S/C22H23ClN4OS/c1-14(2)29(28)26-20-9-5-17(6-10-20)13-27-16(4)22(15(3)25-27)18-7-8-19(12-24)21(23)11-18/h5-11,14,26H,13H2,1-4H3. The van der Waals surface area contributed by atoms with Crippen LogP contribution in [0.25, 0.3) is 11.1 Å². The van der Waals surface area contributed by atoms with Gasteiger partial charge in [-0.15, -0.1) is 0 Å². The first-order valence-electron chi connectivity index (χ1n) is 9.30. The first-order chi connectivity index (χ1) is 13.8. The van der Waals surface area contributed by atoms with Crippen LogP contribution in [-0.4, -0.2) is 19.2 Å². The van der Waals surface area contributed by atoms with E-state index in [-0.39, 0.29) is 5.25 Å². The van der Waals surface area contributed by atoms with E-state index in [2.05, 4.69) is 10.8 Å². The molecule has 3 aromatic rings. The number of rotatable bonds is 6. The van der Waals surface area contributed by atoms with Gasteiger partial charge in [-0.25, -0.2) is 4.21 Å². The quantitative estimate of drug-likeness (QED) is 0.587. The van der Waals surface area contributed by atoms with Crippen LogP contribution in [0.5, 0.6) is 0 Å². The Morgan fingerprint density at radius 1 is 1.21 bits per heavy atom. The zero-order chi connectivity index (χ0) is 21.1. The third-order valence-corrected chi connectivity index (χ3v) is 6.30. The van der Waals surface area contributed by atoms with E-state index in [1.54, 1.807) is 6.07 Å². The summed E-state index contributed by atoms with van der Waals surface area (Å²) in [5, 5.41) is 14.3. The molecule has 0 aliphatic heterocycles. The smallest absolute Gasteiger partial charge is 0.119 e. The summed E-state index contributed by atoms with van der Waals surface area (Å²) < 4.78 is 16.9. The van der Waals surface area contributed by atoms with Crippen molar-refractivity contribution >= 4 is 28.3 Å². The molecule has 29 heavy (non-hydrogen) atoms. The van der Waals surface area contributed by atoms with Crippen molar-refractivity contribution in [1.82, 2.24) is 9.78 Å². The molecule has 1 atom stereocenters. The molecule has 5 nitrogen and oxygen atoms in total. The van der Waals surface area contributed by atoms with Gasteiger partial charge in [0.05, 0.1) is 22.8 Å². The number of anilines is 1. The van der Waals surface area contributed by atoms with E-state index in [1.165, 1.54) is 0 Å². The Morgan fingerprint density at radius 2 is 1.90 bits per heavy atom. The highest BCUT2D eigenvalue weighted by atomic mass is 35.5. The fraction of sp³-hybridized carbons (Fsp3) is 0.273. The van der Waals surface area contributed by atoms with Gasteiger partial charge in [-0.3, -0.25) is 4.68 Å². The van der Waals surface area contributed by atoms with E-state index in [0.29, 0.717) is 17.1 Å². The summed E-state index contributed by atoms with van der Waals surface area (Å²) in [6.07, 6.45) is 0. The maximum absolute atomic E-state index is 11.9. The molecule has 150 valence electrons. The van der Waals surface area contributed by atoms with Gasteiger partial charge in [0.25, 0.3) is 0 Å². The predicted octanol–water partition coefficient (Wildman–Crippen LogP) is 5.22. The number of nitrogens with zero attached hydrogens (tertiary/aromatic N) is 3. The molecule has 1 N–H and O–H groups in total. The lowest BCUT2D eigenvalue weighted by Gasteiger charge is -2.10. The predicted molar refractivity (Wildman–Crippen MR) is 119 cm³/mol. The van der Waals surface area contributed by atoms with Gasteiger partial charge < -0.3 is 4.72 Å². The van der Waals surface area contributed by atoms with Gasteiger partial charge in [0.15, 0.2) is 0 Å². The van der Waals surface area contributed by atoms with Crippen molar-refractivity contribution < 1.29 is 4.21 Å². The van der Waals surface area contributed by atoms with E-state index in [1.807, 2.05) is 68.8 Å². The third kappa shape index (κ3) is 4.69. The second-order valence-corrected chi connectivity index (χ2v) is 9.30. The molecule has 0 saturated heterocycles. The number of nitrogens with one attached hydrogen (secondary N) is 1. The lowest BCUT2D eigenvalue weighted by atomic mass is 10.0. The van der Waals surface area contributed by atoms with Crippen molar-refractivity contribution in [2.75, 3.05) is 4.72 Å². The van der Waals surface area contributed by atoms with Gasteiger partial charge in [-0.05, 0) is 63.1 Å². The lowest BCUT2D eigenvalue weighted by Crippen LogP contribution is -2.14. The van der Waals surface area contributed by atoms with E-state index < -0.39 is 11.0 Å². The Kier molecular flexibility index (Phi) is 6.41. The molecule has 1 unspecified atom stereocenters. The Bertz CT molecular complexity index is 1100. The van der Waals surface area contributed by atoms with Gasteiger partial charge in [0.2, 0.25) is 0 Å². The molecule has 0 aliphatic rings. The van der Waals surface area contributed by atoms with E-state index in [9.17, 15) is 4.21 Å². The van der Waals surface area contributed by atoms with Crippen molar-refractivity contribution in [2.24, 2.45) is 0 Å². The number of hydrogen-bond acceptors (Lipinski definition) is 3. The van der Waals surface area contributed by atoms with E-state index in [4.69, 9.17) is 22.0 Å². The Balaban J connectivity index is 1.83. The first kappa shape index (κ1) is 21.1. The molecule has 0 bridgehead atoms. The number of halogens is 1. The molecular formula is C22H23ClN4OS. The molecule has 0 amide bonds. The number of benzene rings is 2. The molecular weight excluding hydrogens is 404 g/mol. The van der Waals surface area contributed by atoms with Crippen LogP contribution in [-0.2, 0) is 17.5 Å². The van der Waals surface area contributed by atoms with Crippen molar-refractivity contribution in [1.29, 1.82) is 5.26 Å². The average molecular weight is 427 g/mol. The van der Waals surface area contributed by atoms with Crippen LogP contribution in [0.15, 0.2) is 42.5 Å². The second-order valence-electron chi connectivity index (χ2n) is 7.16. The van der Waals surface area contributed by atoms with E-state index in [0.717, 1.165) is 33.8 Å². The maximum atomic E-state index is 11.9. The van der Waals surface area contributed by atoms with Crippen molar-refractivity contribution in [2.45, 2.75) is 39.5 Å². The van der Waals surface area contributed by atoms with Crippen molar-refractivity contribution in [3.8, 4) is 17.2 Å². The van der Waals surface area contributed by atoms with Gasteiger partial charge in [0.1, 0.15) is 17.1 Å². The van der Waals surface area contributed by atoms with Crippen molar-refractivity contribution in [3.05, 3.63) is 70.0 Å². The molecule has 2 aromatic carbocycles. The molecule has 1 aromatic heterocycles. The Hall–Kier alpha value is -2.62. The largest absolute Gasteiger partial charge is 0.305 e. The minimum absolute atomic E-state index is 0.0542. The summed E-state index contributed by atoms with van der Waals surface area (Å²) in [5.41, 5.74) is 6.32. The summed E-state index contributed by atoms with van der Waals surface area (Å²) in [6.45, 7) is 8.46. The molecule has 0 spiro atoms. The summed E-state index contributed by atoms with van der Waals surface area (Å²) in [7, 11) is -1.09. The van der Waals surface area contributed by atoms with Gasteiger partial charge in [0, 0.05) is 22.2 Å². The molecule has 1 heterocycles. The topological polar surface area (TPSA) is 70.7 Å². The number of aromatic nitrogens is 2. The van der Waals surface area contributed by atoms with Crippen LogP contribution in [0.4, 0.5) is 5.69 Å². The van der Waals surface area contributed by atoms with Gasteiger partial charge in [-0.2, -0.15) is 10.4 Å². The zero-order valence-electron chi connectivity index (χ0n) is 16.9. The van der Waals surface area contributed by atoms with E-state index >= 15 is 0 Å². The molecule has 0 saturated carbocycles. The molecule has 0 aliphatic carbocycles. The molecule has 0 fully saturated rings. The first-order valence-corrected chi connectivity index (χ1v) is 10.9.